The zero-order valence-electron chi connectivity index (χ0n) is 8.43. The van der Waals surface area contributed by atoms with Crippen molar-refractivity contribution in [3.8, 4) is 0 Å². The molecular weight excluding hydrogens is 298 g/mol. The lowest BCUT2D eigenvalue weighted by molar-refractivity contribution is 0.598. The number of nitrogens with zero attached hydrogens (tertiary/aromatic N) is 1. The number of thioether (sulfide) groups is 1. The molecule has 0 spiro atoms. The van der Waals surface area contributed by atoms with Crippen LogP contribution in [0, 0.1) is 11.6 Å². The summed E-state index contributed by atoms with van der Waals surface area (Å²) < 4.78 is 26.8. The molecule has 2 rings (SSSR count). The third kappa shape index (κ3) is 2.55. The van der Waals surface area contributed by atoms with Crippen LogP contribution in [0.1, 0.15) is 6.92 Å². The van der Waals surface area contributed by atoms with Crippen molar-refractivity contribution in [1.29, 1.82) is 0 Å². The maximum absolute atomic E-state index is 13.5. The molecule has 0 saturated carbocycles. The first-order valence-electron chi connectivity index (χ1n) is 4.68. The molecule has 0 aromatic heterocycles. The Bertz CT molecular complexity index is 451. The summed E-state index contributed by atoms with van der Waals surface area (Å²) in [4.78, 5) is 4.24. The highest BCUT2D eigenvalue weighted by Gasteiger charge is 2.16. The van der Waals surface area contributed by atoms with E-state index in [1.807, 2.05) is 6.92 Å². The lowest BCUT2D eigenvalue weighted by Gasteiger charge is -2.07. The quantitative estimate of drug-likeness (QED) is 0.801. The molecule has 0 amide bonds. The number of aliphatic imine (C=N–C) groups is 1. The van der Waals surface area contributed by atoms with Crippen molar-refractivity contribution in [1.82, 2.24) is 0 Å². The second-order valence-electron chi connectivity index (χ2n) is 3.47. The number of rotatable bonds is 1. The van der Waals surface area contributed by atoms with E-state index >= 15 is 0 Å². The third-order valence-corrected chi connectivity index (χ3v) is 3.79. The molecular formula is C10H9BrF2N2S. The van der Waals surface area contributed by atoms with Gasteiger partial charge in [-0.15, -0.1) is 0 Å². The van der Waals surface area contributed by atoms with Crippen molar-refractivity contribution in [3.05, 3.63) is 28.2 Å². The van der Waals surface area contributed by atoms with Crippen LogP contribution >= 0.6 is 27.7 Å². The molecule has 86 valence electrons. The number of halogens is 3. The van der Waals surface area contributed by atoms with Gasteiger partial charge in [0.1, 0.15) is 11.6 Å². The largest absolute Gasteiger partial charge is 0.332 e. The number of hydrogen-bond acceptors (Lipinski definition) is 3. The first-order chi connectivity index (χ1) is 7.56. The van der Waals surface area contributed by atoms with Gasteiger partial charge in [-0.1, -0.05) is 11.8 Å². The van der Waals surface area contributed by atoms with Gasteiger partial charge in [0.25, 0.3) is 0 Å². The molecule has 1 aliphatic heterocycles. The third-order valence-electron chi connectivity index (χ3n) is 2.05. The highest BCUT2D eigenvalue weighted by Crippen LogP contribution is 2.26. The Labute approximate surface area is 105 Å². The summed E-state index contributed by atoms with van der Waals surface area (Å²) in [5.74, 6) is -0.139. The highest BCUT2D eigenvalue weighted by atomic mass is 79.9. The van der Waals surface area contributed by atoms with Crippen LogP contribution in [0.4, 0.5) is 14.5 Å². The lowest BCUT2D eigenvalue weighted by Crippen LogP contribution is -2.07. The molecule has 0 saturated heterocycles. The summed E-state index contributed by atoms with van der Waals surface area (Å²) in [6.45, 7) is 1.97. The monoisotopic (exact) mass is 306 g/mol. The maximum Gasteiger partial charge on any atom is 0.161 e. The van der Waals surface area contributed by atoms with Crippen molar-refractivity contribution in [2.75, 3.05) is 11.1 Å². The Morgan fingerprint density at radius 1 is 1.44 bits per heavy atom. The minimum atomic E-state index is -0.504. The van der Waals surface area contributed by atoms with Gasteiger partial charge in [0.15, 0.2) is 5.17 Å². The number of amidine groups is 1. The Morgan fingerprint density at radius 3 is 2.81 bits per heavy atom. The fourth-order valence-electron chi connectivity index (χ4n) is 1.28. The van der Waals surface area contributed by atoms with Gasteiger partial charge in [-0.25, -0.2) is 8.78 Å². The standard InChI is InChI=1S/C10H9BrF2N2S/c1-5-4-16-10(14-5)15-9-3-7(12)6(11)2-8(9)13/h2-3,5H,4H2,1H3,(H,14,15). The molecule has 1 N–H and O–H groups in total. The SMILES string of the molecule is CC1CSC(Nc2cc(F)c(Br)cc2F)=N1. The Morgan fingerprint density at radius 2 is 2.19 bits per heavy atom. The van der Waals surface area contributed by atoms with Crippen LogP contribution in [-0.2, 0) is 0 Å². The van der Waals surface area contributed by atoms with Crippen LogP contribution in [0.3, 0.4) is 0 Å². The Balaban J connectivity index is 2.22. The van der Waals surface area contributed by atoms with E-state index in [1.54, 1.807) is 0 Å². The van der Waals surface area contributed by atoms with Gasteiger partial charge in [-0.2, -0.15) is 0 Å². The first kappa shape index (κ1) is 11.9. The van der Waals surface area contributed by atoms with Crippen LogP contribution in [0.25, 0.3) is 0 Å². The van der Waals surface area contributed by atoms with E-state index in [0.29, 0.717) is 5.17 Å². The molecule has 1 unspecified atom stereocenters. The number of hydrogen-bond donors (Lipinski definition) is 1. The zero-order chi connectivity index (χ0) is 11.7. The summed E-state index contributed by atoms with van der Waals surface area (Å²) in [5, 5.41) is 3.42. The maximum atomic E-state index is 13.5. The molecule has 1 aromatic rings. The van der Waals surface area contributed by atoms with Gasteiger partial charge in [-0.05, 0) is 28.9 Å². The van der Waals surface area contributed by atoms with Gasteiger partial charge in [-0.3, -0.25) is 4.99 Å². The molecule has 0 fully saturated rings. The van der Waals surface area contributed by atoms with Crippen LogP contribution < -0.4 is 5.32 Å². The van der Waals surface area contributed by atoms with Gasteiger partial charge >= 0.3 is 0 Å². The van der Waals surface area contributed by atoms with Gasteiger partial charge < -0.3 is 5.32 Å². The van der Waals surface area contributed by atoms with E-state index < -0.39 is 11.6 Å². The van der Waals surface area contributed by atoms with Crippen molar-refractivity contribution in [2.45, 2.75) is 13.0 Å². The summed E-state index contributed by atoms with van der Waals surface area (Å²) in [6.07, 6.45) is 0. The van der Waals surface area contributed by atoms with E-state index in [2.05, 4.69) is 26.2 Å². The lowest BCUT2D eigenvalue weighted by atomic mass is 10.3. The molecule has 0 radical (unpaired) electrons. The molecule has 1 heterocycles. The Hall–Kier alpha value is -0.620. The minimum absolute atomic E-state index is 0.112. The second kappa shape index (κ2) is 4.71. The molecule has 0 bridgehead atoms. The molecule has 1 aromatic carbocycles. The van der Waals surface area contributed by atoms with Crippen LogP contribution in [-0.4, -0.2) is 17.0 Å². The van der Waals surface area contributed by atoms with Crippen molar-refractivity contribution in [2.24, 2.45) is 4.99 Å². The van der Waals surface area contributed by atoms with E-state index in [-0.39, 0.29) is 16.2 Å². The summed E-state index contributed by atoms with van der Waals surface area (Å²) in [6, 6.07) is 2.43. The van der Waals surface area contributed by atoms with Gasteiger partial charge in [0, 0.05) is 11.8 Å². The molecule has 2 nitrogen and oxygen atoms in total. The van der Waals surface area contributed by atoms with Crippen LogP contribution in [0.5, 0.6) is 0 Å². The topological polar surface area (TPSA) is 24.4 Å². The molecule has 16 heavy (non-hydrogen) atoms. The van der Waals surface area contributed by atoms with Crippen molar-refractivity contribution < 1.29 is 8.78 Å². The van der Waals surface area contributed by atoms with Gasteiger partial charge in [0.05, 0.1) is 16.2 Å². The van der Waals surface area contributed by atoms with Crippen molar-refractivity contribution >= 4 is 38.5 Å². The fourth-order valence-corrected chi connectivity index (χ4v) is 2.50. The zero-order valence-corrected chi connectivity index (χ0v) is 10.8. The number of anilines is 1. The molecule has 6 heteroatoms. The summed E-state index contributed by atoms with van der Waals surface area (Å²) >= 11 is 4.43. The average Bonchev–Trinajstić information content (AvgIpc) is 2.60. The fraction of sp³-hybridized carbons (Fsp3) is 0.300. The summed E-state index contributed by atoms with van der Waals surface area (Å²) in [7, 11) is 0. The summed E-state index contributed by atoms with van der Waals surface area (Å²) in [5.41, 5.74) is 0.112. The molecule has 1 atom stereocenters. The molecule has 1 aliphatic rings. The predicted molar refractivity (Wildman–Crippen MR) is 67.0 cm³/mol. The smallest absolute Gasteiger partial charge is 0.161 e. The van der Waals surface area contributed by atoms with Crippen LogP contribution in [0.2, 0.25) is 0 Å². The van der Waals surface area contributed by atoms with E-state index in [4.69, 9.17) is 0 Å². The normalized spacial score (nSPS) is 19.8. The van der Waals surface area contributed by atoms with Gasteiger partial charge in [0.2, 0.25) is 0 Å². The number of nitrogens with one attached hydrogen (secondary N) is 1. The molecule has 0 aliphatic carbocycles. The van der Waals surface area contributed by atoms with E-state index in [0.717, 1.165) is 17.9 Å². The van der Waals surface area contributed by atoms with E-state index in [1.165, 1.54) is 11.8 Å². The second-order valence-corrected chi connectivity index (χ2v) is 5.33. The minimum Gasteiger partial charge on any atom is -0.332 e. The predicted octanol–water partition coefficient (Wildman–Crippen LogP) is 3.63. The highest BCUT2D eigenvalue weighted by molar-refractivity contribution is 9.10. The first-order valence-corrected chi connectivity index (χ1v) is 6.46. The average molecular weight is 307 g/mol. The number of benzene rings is 1. The van der Waals surface area contributed by atoms with Crippen molar-refractivity contribution in [3.63, 3.8) is 0 Å². The van der Waals surface area contributed by atoms with E-state index in [9.17, 15) is 8.78 Å². The van der Waals surface area contributed by atoms with Crippen LogP contribution in [0.15, 0.2) is 21.6 Å². The Kier molecular flexibility index (Phi) is 3.49.